The number of hydrogen-bond donors (Lipinski definition) is 0. The van der Waals surface area contributed by atoms with Gasteiger partial charge in [0.05, 0.1) is 0 Å². The standard InChI is InChI=1S/C4H9BrP.Li/c1-2-3-4-6-5;/h2-4H2,1H3;/q-1;+1. The molecule has 0 spiro atoms. The Morgan fingerprint density at radius 2 is 2.14 bits per heavy atom. The van der Waals surface area contributed by atoms with Crippen molar-refractivity contribution in [2.45, 2.75) is 19.8 Å². The van der Waals surface area contributed by atoms with E-state index in [0.717, 1.165) is 0 Å². The van der Waals surface area contributed by atoms with E-state index in [-0.39, 0.29) is 18.9 Å². The Bertz CT molecular complexity index is 23.7. The average Bonchev–Trinajstić information content (AvgIpc) is 1.61. The molecule has 0 bridgehead atoms. The van der Waals surface area contributed by atoms with Crippen LogP contribution in [-0.4, -0.2) is 6.16 Å². The van der Waals surface area contributed by atoms with Gasteiger partial charge >= 0.3 is 18.9 Å². The van der Waals surface area contributed by atoms with Gasteiger partial charge in [-0.15, -0.1) is 0 Å². The molecule has 0 N–H and O–H groups in total. The van der Waals surface area contributed by atoms with Crippen molar-refractivity contribution in [3.8, 4) is 0 Å². The van der Waals surface area contributed by atoms with Gasteiger partial charge in [-0.2, -0.15) is 6.16 Å². The van der Waals surface area contributed by atoms with E-state index in [9.17, 15) is 0 Å². The first-order valence-electron chi connectivity index (χ1n) is 2.19. The molecule has 0 rings (SSSR count). The van der Waals surface area contributed by atoms with Gasteiger partial charge < -0.3 is 22.8 Å². The van der Waals surface area contributed by atoms with Crippen molar-refractivity contribution in [3.05, 3.63) is 0 Å². The molecule has 0 saturated heterocycles. The predicted octanol–water partition coefficient (Wildman–Crippen LogP) is 0.0466. The van der Waals surface area contributed by atoms with Crippen molar-refractivity contribution in [2.75, 3.05) is 6.16 Å². The molecule has 0 saturated carbocycles. The van der Waals surface area contributed by atoms with Crippen LogP contribution in [0.2, 0.25) is 0 Å². The zero-order valence-electron chi connectivity index (χ0n) is 4.95. The normalized spacial score (nSPS) is 9.43. The molecular weight excluding hydrogens is 166 g/mol. The summed E-state index contributed by atoms with van der Waals surface area (Å²) in [7, 11) is 1.36. The van der Waals surface area contributed by atoms with E-state index in [1.165, 1.54) is 26.3 Å². The molecule has 0 aromatic carbocycles. The van der Waals surface area contributed by atoms with Gasteiger partial charge in [-0.1, -0.05) is 19.8 Å². The van der Waals surface area contributed by atoms with Gasteiger partial charge in [-0.25, -0.2) is 0 Å². The van der Waals surface area contributed by atoms with Crippen LogP contribution in [0, 0.1) is 0 Å². The first-order valence-corrected chi connectivity index (χ1v) is 5.29. The molecule has 38 valence electrons. The summed E-state index contributed by atoms with van der Waals surface area (Å²) in [5.41, 5.74) is 0. The fourth-order valence-electron chi connectivity index (χ4n) is 0.218. The van der Waals surface area contributed by atoms with E-state index < -0.39 is 0 Å². The monoisotopic (exact) mass is 174 g/mol. The Kier molecular flexibility index (Phi) is 17.0. The number of unbranched alkanes of at least 4 members (excludes halogenated alkanes) is 1. The molecule has 7 heavy (non-hydrogen) atoms. The zero-order valence-corrected chi connectivity index (χ0v) is 7.43. The van der Waals surface area contributed by atoms with Crippen molar-refractivity contribution >= 4 is 22.8 Å². The molecule has 0 nitrogen and oxygen atoms in total. The Morgan fingerprint density at radius 3 is 2.29 bits per heavy atom. The zero-order chi connectivity index (χ0) is 4.83. The second-order valence-electron chi connectivity index (χ2n) is 1.20. The molecule has 0 atom stereocenters. The molecule has 0 unspecified atom stereocenters. The smallest absolute Gasteiger partial charge is 0.460 e. The Hall–Kier alpha value is 1.51. The van der Waals surface area contributed by atoms with Gasteiger partial charge in [0.15, 0.2) is 0 Å². The first-order chi connectivity index (χ1) is 2.91. The summed E-state index contributed by atoms with van der Waals surface area (Å²) in [4.78, 5) is 0. The summed E-state index contributed by atoms with van der Waals surface area (Å²) in [6.07, 6.45) is 3.97. The molecule has 0 aliphatic heterocycles. The minimum absolute atomic E-state index is 0. The second kappa shape index (κ2) is 10.5. The van der Waals surface area contributed by atoms with E-state index in [0.29, 0.717) is 0 Å². The van der Waals surface area contributed by atoms with Crippen molar-refractivity contribution in [2.24, 2.45) is 0 Å². The number of hydrogen-bond acceptors (Lipinski definition) is 0. The van der Waals surface area contributed by atoms with Crippen LogP contribution < -0.4 is 18.9 Å². The van der Waals surface area contributed by atoms with Gasteiger partial charge in [-0.05, 0) is 0 Å². The van der Waals surface area contributed by atoms with Crippen molar-refractivity contribution in [1.82, 2.24) is 0 Å². The molecule has 0 fully saturated rings. The fourth-order valence-corrected chi connectivity index (χ4v) is 1.41. The van der Waals surface area contributed by atoms with Crippen LogP contribution in [0.25, 0.3) is 0 Å². The molecule has 0 amide bonds. The molecule has 0 aromatic heterocycles. The maximum Gasteiger partial charge on any atom is 1.00 e. The van der Waals surface area contributed by atoms with Crippen molar-refractivity contribution in [1.29, 1.82) is 0 Å². The quantitative estimate of drug-likeness (QED) is 0.323. The van der Waals surface area contributed by atoms with Gasteiger partial charge in [0, 0.05) is 0 Å². The fraction of sp³-hybridized carbons (Fsp3) is 1.00. The summed E-state index contributed by atoms with van der Waals surface area (Å²) in [6, 6.07) is 0. The van der Waals surface area contributed by atoms with E-state index >= 15 is 0 Å². The Balaban J connectivity index is 0. The summed E-state index contributed by atoms with van der Waals surface area (Å²) in [6.45, 7) is 2.21. The average molecular weight is 175 g/mol. The molecular formula is C4H9BrLiP. The largest absolute Gasteiger partial charge is 1.00 e. The maximum atomic E-state index is 3.32. The first kappa shape index (κ1) is 11.3. The molecule has 0 aliphatic carbocycles. The predicted molar refractivity (Wildman–Crippen MR) is 35.6 cm³/mol. The molecule has 0 aromatic rings. The number of rotatable bonds is 3. The van der Waals surface area contributed by atoms with Crippen LogP contribution in [0.5, 0.6) is 0 Å². The minimum Gasteiger partial charge on any atom is -0.460 e. The third-order valence-electron chi connectivity index (χ3n) is 0.596. The van der Waals surface area contributed by atoms with E-state index in [2.05, 4.69) is 22.4 Å². The van der Waals surface area contributed by atoms with Gasteiger partial charge in [0.2, 0.25) is 0 Å². The van der Waals surface area contributed by atoms with Gasteiger partial charge in [0.1, 0.15) is 0 Å². The van der Waals surface area contributed by atoms with Crippen LogP contribution in [0.1, 0.15) is 19.8 Å². The molecule has 3 heteroatoms. The summed E-state index contributed by atoms with van der Waals surface area (Å²) in [5.74, 6) is 0. The molecule has 0 radical (unpaired) electrons. The number of halogens is 1. The second-order valence-corrected chi connectivity index (χ2v) is 3.39. The summed E-state index contributed by atoms with van der Waals surface area (Å²) >= 11 is 3.32. The van der Waals surface area contributed by atoms with Gasteiger partial charge in [-0.3, -0.25) is 0 Å². The SMILES string of the molecule is CCCC[P-]Br.[Li+]. The topological polar surface area (TPSA) is 0 Å². The third-order valence-corrected chi connectivity index (χ3v) is 2.15. The van der Waals surface area contributed by atoms with Crippen LogP contribution >= 0.6 is 22.8 Å². The summed E-state index contributed by atoms with van der Waals surface area (Å²) < 4.78 is 0. The van der Waals surface area contributed by atoms with E-state index in [1.54, 1.807) is 0 Å². The van der Waals surface area contributed by atoms with Crippen LogP contribution in [0.3, 0.4) is 0 Å². The van der Waals surface area contributed by atoms with Crippen LogP contribution in [-0.2, 0) is 0 Å². The summed E-state index contributed by atoms with van der Waals surface area (Å²) in [5, 5.41) is 0. The van der Waals surface area contributed by atoms with Gasteiger partial charge in [0.25, 0.3) is 0 Å². The van der Waals surface area contributed by atoms with Crippen LogP contribution in [0.15, 0.2) is 0 Å². The van der Waals surface area contributed by atoms with Crippen molar-refractivity contribution < 1.29 is 18.9 Å². The third kappa shape index (κ3) is 11.2. The Morgan fingerprint density at radius 1 is 1.57 bits per heavy atom. The maximum absolute atomic E-state index is 3.32. The molecule has 0 aliphatic rings. The van der Waals surface area contributed by atoms with E-state index in [1.807, 2.05) is 0 Å². The van der Waals surface area contributed by atoms with Crippen LogP contribution in [0.4, 0.5) is 0 Å². The minimum atomic E-state index is 0. The Labute approximate surface area is 67.5 Å². The van der Waals surface area contributed by atoms with Crippen molar-refractivity contribution in [3.63, 3.8) is 0 Å². The molecule has 0 heterocycles. The van der Waals surface area contributed by atoms with E-state index in [4.69, 9.17) is 0 Å².